The van der Waals surface area contributed by atoms with Gasteiger partial charge in [-0.15, -0.1) is 0 Å². The molecule has 0 N–H and O–H groups in total. The molecule has 10 heavy (non-hydrogen) atoms. The predicted octanol–water partition coefficient (Wildman–Crippen LogP) is 2.05. The number of rotatable bonds is 2. The zero-order chi connectivity index (χ0) is 7.03. The Bertz CT molecular complexity index is 193. The number of hydrogen-bond acceptors (Lipinski definition) is 1. The van der Waals surface area contributed by atoms with Crippen LogP contribution in [0.3, 0.4) is 0 Å². The molecule has 2 aliphatic rings. The summed E-state index contributed by atoms with van der Waals surface area (Å²) in [5.41, 5.74) is 0.128. The molecule has 1 aliphatic heterocycles. The lowest BCUT2D eigenvalue weighted by molar-refractivity contribution is 0.327. The van der Waals surface area contributed by atoms with Gasteiger partial charge in [0, 0.05) is 0 Å². The summed E-state index contributed by atoms with van der Waals surface area (Å²) < 4.78 is 5.53. The molecule has 1 nitrogen and oxygen atoms in total. The highest BCUT2D eigenvalue weighted by molar-refractivity contribution is 5.30. The normalized spacial score (nSPS) is 41.5. The zero-order valence-corrected chi connectivity index (χ0v) is 6.21. The van der Waals surface area contributed by atoms with Crippen molar-refractivity contribution in [2.24, 2.45) is 0 Å². The summed E-state index contributed by atoms with van der Waals surface area (Å²) in [6, 6.07) is 0. The molecule has 0 aromatic rings. The van der Waals surface area contributed by atoms with Crippen LogP contribution in [0.5, 0.6) is 0 Å². The second-order valence-corrected chi connectivity index (χ2v) is 2.99. The lowest BCUT2D eigenvalue weighted by atomic mass is 9.96. The molecule has 1 heterocycles. The lowest BCUT2D eigenvalue weighted by Crippen LogP contribution is -2.11. The summed E-state index contributed by atoms with van der Waals surface area (Å²) in [7, 11) is 0. The van der Waals surface area contributed by atoms with Crippen molar-refractivity contribution >= 4 is 0 Å². The third-order valence-electron chi connectivity index (χ3n) is 2.19. The third kappa shape index (κ3) is 0.739. The number of allylic oxidation sites excluding steroid dienone is 2. The Morgan fingerprint density at radius 2 is 2.40 bits per heavy atom. The second kappa shape index (κ2) is 1.96. The summed E-state index contributed by atoms with van der Waals surface area (Å²) in [5.74, 6) is 0. The molecule has 2 atom stereocenters. The summed E-state index contributed by atoms with van der Waals surface area (Å²) in [6.07, 6.45) is 11.2. The van der Waals surface area contributed by atoms with Crippen LogP contribution >= 0.6 is 0 Å². The summed E-state index contributed by atoms with van der Waals surface area (Å²) >= 11 is 0. The fraction of sp³-hybridized carbons (Fsp3) is 0.556. The minimum Gasteiger partial charge on any atom is -0.357 e. The van der Waals surface area contributed by atoms with Crippen molar-refractivity contribution < 1.29 is 4.74 Å². The number of fused-ring (bicyclic) bond motifs is 1. The van der Waals surface area contributed by atoms with Crippen molar-refractivity contribution in [2.45, 2.75) is 31.5 Å². The van der Waals surface area contributed by atoms with Gasteiger partial charge in [-0.05, 0) is 12.5 Å². The molecule has 0 spiro atoms. The third-order valence-corrected chi connectivity index (χ3v) is 2.19. The first-order valence-electron chi connectivity index (χ1n) is 3.91. The average molecular weight is 136 g/mol. The first kappa shape index (κ1) is 6.17. The van der Waals surface area contributed by atoms with E-state index in [9.17, 15) is 0 Å². The summed E-state index contributed by atoms with van der Waals surface area (Å²) in [4.78, 5) is 0. The maximum absolute atomic E-state index is 5.53. The highest BCUT2D eigenvalue weighted by Crippen LogP contribution is 2.44. The first-order valence-corrected chi connectivity index (χ1v) is 3.91. The SMILES string of the molecule is CCCC12C=CC=CC1O2. The van der Waals surface area contributed by atoms with Gasteiger partial charge in [-0.2, -0.15) is 0 Å². The van der Waals surface area contributed by atoms with E-state index in [-0.39, 0.29) is 5.60 Å². The Kier molecular flexibility index (Phi) is 1.21. The quantitative estimate of drug-likeness (QED) is 0.529. The van der Waals surface area contributed by atoms with Crippen LogP contribution in [-0.2, 0) is 4.74 Å². The van der Waals surface area contributed by atoms with E-state index >= 15 is 0 Å². The maximum Gasteiger partial charge on any atom is 0.117 e. The molecule has 0 saturated carbocycles. The van der Waals surface area contributed by atoms with Gasteiger partial charge < -0.3 is 4.74 Å². The molecule has 1 fully saturated rings. The number of ether oxygens (including phenoxy) is 1. The van der Waals surface area contributed by atoms with Crippen molar-refractivity contribution in [3.63, 3.8) is 0 Å². The van der Waals surface area contributed by atoms with Gasteiger partial charge in [0.15, 0.2) is 0 Å². The van der Waals surface area contributed by atoms with Crippen LogP contribution in [-0.4, -0.2) is 11.7 Å². The minimum atomic E-state index is 0.128. The van der Waals surface area contributed by atoms with Crippen LogP contribution in [0.4, 0.5) is 0 Å². The van der Waals surface area contributed by atoms with Crippen molar-refractivity contribution in [1.82, 2.24) is 0 Å². The van der Waals surface area contributed by atoms with Crippen molar-refractivity contribution in [3.05, 3.63) is 24.3 Å². The molecule has 1 heteroatoms. The monoisotopic (exact) mass is 136 g/mol. The lowest BCUT2D eigenvalue weighted by Gasteiger charge is -2.05. The van der Waals surface area contributed by atoms with Crippen LogP contribution in [0.2, 0.25) is 0 Å². The van der Waals surface area contributed by atoms with Crippen molar-refractivity contribution in [3.8, 4) is 0 Å². The second-order valence-electron chi connectivity index (χ2n) is 2.99. The molecule has 0 amide bonds. The highest BCUT2D eigenvalue weighted by atomic mass is 16.6. The fourth-order valence-corrected chi connectivity index (χ4v) is 1.60. The van der Waals surface area contributed by atoms with E-state index in [0.717, 1.165) is 0 Å². The molecule has 2 unspecified atom stereocenters. The van der Waals surface area contributed by atoms with Gasteiger partial charge in [-0.3, -0.25) is 0 Å². The van der Waals surface area contributed by atoms with E-state index in [1.165, 1.54) is 12.8 Å². The molecule has 0 radical (unpaired) electrons. The van der Waals surface area contributed by atoms with E-state index in [4.69, 9.17) is 4.74 Å². The van der Waals surface area contributed by atoms with E-state index in [1.54, 1.807) is 0 Å². The molecule has 1 saturated heterocycles. The van der Waals surface area contributed by atoms with Gasteiger partial charge >= 0.3 is 0 Å². The van der Waals surface area contributed by atoms with E-state index in [0.29, 0.717) is 6.10 Å². The van der Waals surface area contributed by atoms with Gasteiger partial charge in [-0.25, -0.2) is 0 Å². The standard InChI is InChI=1S/C9H12O/c1-2-6-9-7-4-3-5-8(9)10-9/h3-5,7-8H,2,6H2,1H3. The average Bonchev–Trinajstić information content (AvgIpc) is 2.62. The van der Waals surface area contributed by atoms with E-state index in [1.807, 2.05) is 0 Å². The predicted molar refractivity (Wildman–Crippen MR) is 40.8 cm³/mol. The molecule has 0 aromatic heterocycles. The molecule has 1 aliphatic carbocycles. The molecule has 2 rings (SSSR count). The maximum atomic E-state index is 5.53. The fourth-order valence-electron chi connectivity index (χ4n) is 1.60. The molecular formula is C9H12O. The molecule has 54 valence electrons. The van der Waals surface area contributed by atoms with Crippen LogP contribution < -0.4 is 0 Å². The Morgan fingerprint density at radius 3 is 3.10 bits per heavy atom. The Morgan fingerprint density at radius 1 is 1.50 bits per heavy atom. The Balaban J connectivity index is 2.08. The van der Waals surface area contributed by atoms with Gasteiger partial charge in [0.2, 0.25) is 0 Å². The van der Waals surface area contributed by atoms with Crippen molar-refractivity contribution in [2.75, 3.05) is 0 Å². The topological polar surface area (TPSA) is 12.5 Å². The van der Waals surface area contributed by atoms with Crippen LogP contribution in [0, 0.1) is 0 Å². The van der Waals surface area contributed by atoms with Gasteiger partial charge in [0.05, 0.1) is 0 Å². The Hall–Kier alpha value is -0.560. The number of epoxide rings is 1. The molecular weight excluding hydrogens is 124 g/mol. The minimum absolute atomic E-state index is 0.128. The summed E-state index contributed by atoms with van der Waals surface area (Å²) in [5, 5.41) is 0. The van der Waals surface area contributed by atoms with Crippen LogP contribution in [0.1, 0.15) is 19.8 Å². The van der Waals surface area contributed by atoms with Crippen molar-refractivity contribution in [1.29, 1.82) is 0 Å². The smallest absolute Gasteiger partial charge is 0.117 e. The first-order chi connectivity index (χ1) is 4.87. The van der Waals surface area contributed by atoms with Gasteiger partial charge in [-0.1, -0.05) is 31.6 Å². The number of hydrogen-bond donors (Lipinski definition) is 0. The van der Waals surface area contributed by atoms with E-state index < -0.39 is 0 Å². The van der Waals surface area contributed by atoms with Gasteiger partial charge in [0.25, 0.3) is 0 Å². The Labute approximate surface area is 61.4 Å². The highest BCUT2D eigenvalue weighted by Gasteiger charge is 2.52. The summed E-state index contributed by atoms with van der Waals surface area (Å²) in [6.45, 7) is 2.19. The van der Waals surface area contributed by atoms with Crippen LogP contribution in [0.25, 0.3) is 0 Å². The van der Waals surface area contributed by atoms with Gasteiger partial charge in [0.1, 0.15) is 11.7 Å². The van der Waals surface area contributed by atoms with E-state index in [2.05, 4.69) is 31.2 Å². The largest absolute Gasteiger partial charge is 0.357 e. The molecule has 0 bridgehead atoms. The molecule has 0 aromatic carbocycles. The zero-order valence-electron chi connectivity index (χ0n) is 6.21. The van der Waals surface area contributed by atoms with Crippen LogP contribution in [0.15, 0.2) is 24.3 Å².